The molecule has 3 rings (SSSR count). The Morgan fingerprint density at radius 2 is 1.58 bits per heavy atom. The summed E-state index contributed by atoms with van der Waals surface area (Å²) in [4.78, 5) is 16.6. The molecule has 2 aromatic carbocycles. The largest absolute Gasteiger partial charge is 0.408 e. The number of aryl methyl sites for hydroxylation is 1. The van der Waals surface area contributed by atoms with E-state index in [0.29, 0.717) is 0 Å². The number of benzene rings is 2. The second-order valence-corrected chi connectivity index (χ2v) is 13.2. The predicted molar refractivity (Wildman–Crippen MR) is 139 cm³/mol. The van der Waals surface area contributed by atoms with Crippen LogP contribution in [-0.4, -0.2) is 31.5 Å². The Hall–Kier alpha value is -2.38. The smallest absolute Gasteiger partial charge is 0.383 e. The molecular weight excluding hydrogens is 446 g/mol. The third-order valence-electron chi connectivity index (χ3n) is 5.20. The second-order valence-electron chi connectivity index (χ2n) is 9.28. The number of hydrogen-bond acceptors (Lipinski definition) is 5. The maximum atomic E-state index is 12.0. The number of nitrogens with zero attached hydrogens (tertiary/aromatic N) is 1. The first-order chi connectivity index (χ1) is 15.6. The van der Waals surface area contributed by atoms with Gasteiger partial charge in [0, 0.05) is 11.3 Å². The standard InChI is InChI=1S/C27H33NO3SSi/c1-20(17-23-19-32-22(3)28-23)26(21(2)18-29)30-33(31-27(4,5)6,24-13-9-7-10-14-24)25-15-11-8-12-16-25/h7-19,21,26H,1-6H3/b20-17+/t21-,26+/m0/s1. The monoisotopic (exact) mass is 479 g/mol. The first-order valence-corrected chi connectivity index (χ1v) is 13.9. The van der Waals surface area contributed by atoms with E-state index >= 15 is 0 Å². The molecule has 2 atom stereocenters. The molecule has 1 heterocycles. The van der Waals surface area contributed by atoms with E-state index in [1.165, 1.54) is 0 Å². The highest BCUT2D eigenvalue weighted by molar-refractivity contribution is 7.09. The average molecular weight is 480 g/mol. The summed E-state index contributed by atoms with van der Waals surface area (Å²) in [6.07, 6.45) is 2.51. The van der Waals surface area contributed by atoms with E-state index in [-0.39, 0.29) is 5.92 Å². The molecule has 0 unspecified atom stereocenters. The molecule has 0 aliphatic carbocycles. The molecule has 174 valence electrons. The highest BCUT2D eigenvalue weighted by atomic mass is 32.1. The highest BCUT2D eigenvalue weighted by Crippen LogP contribution is 2.27. The molecule has 0 amide bonds. The van der Waals surface area contributed by atoms with Gasteiger partial charge in [-0.2, -0.15) is 0 Å². The van der Waals surface area contributed by atoms with Crippen molar-refractivity contribution in [2.75, 3.05) is 0 Å². The summed E-state index contributed by atoms with van der Waals surface area (Å²) in [6, 6.07) is 20.3. The molecule has 0 aliphatic heterocycles. The molecule has 33 heavy (non-hydrogen) atoms. The van der Waals surface area contributed by atoms with Gasteiger partial charge in [-0.05, 0) is 56.6 Å². The van der Waals surface area contributed by atoms with E-state index in [1.807, 2.05) is 89.4 Å². The number of hydrogen-bond donors (Lipinski definition) is 0. The molecule has 6 heteroatoms. The lowest BCUT2D eigenvalue weighted by Crippen LogP contribution is -2.67. The Morgan fingerprint density at radius 3 is 2.00 bits per heavy atom. The van der Waals surface area contributed by atoms with Gasteiger partial charge in [-0.15, -0.1) is 11.3 Å². The number of carbonyl (C=O) groups is 1. The number of thiazole rings is 1. The predicted octanol–water partition coefficient (Wildman–Crippen LogP) is 5.15. The van der Waals surface area contributed by atoms with Crippen LogP contribution in [0.4, 0.5) is 0 Å². The summed E-state index contributed by atoms with van der Waals surface area (Å²) in [5.41, 5.74) is 1.36. The summed E-state index contributed by atoms with van der Waals surface area (Å²) in [6.45, 7) is 12.0. The van der Waals surface area contributed by atoms with Crippen molar-refractivity contribution >= 4 is 42.6 Å². The quantitative estimate of drug-likeness (QED) is 0.315. The molecule has 4 nitrogen and oxygen atoms in total. The van der Waals surface area contributed by atoms with Crippen molar-refractivity contribution in [3.8, 4) is 0 Å². The fourth-order valence-corrected chi connectivity index (χ4v) is 8.16. The van der Waals surface area contributed by atoms with Gasteiger partial charge < -0.3 is 13.6 Å². The Balaban J connectivity index is 2.19. The molecule has 0 N–H and O–H groups in total. The zero-order valence-corrected chi connectivity index (χ0v) is 22.1. The SMILES string of the molecule is C/C(=C\c1csc(C)n1)[C@@H](O[Si](OC(C)(C)C)(c1ccccc1)c1ccccc1)[C@@H](C)C=O. The summed E-state index contributed by atoms with van der Waals surface area (Å²) < 4.78 is 14.0. The molecular formula is C27H33NO3SSi. The van der Waals surface area contributed by atoms with Crippen molar-refractivity contribution < 1.29 is 13.6 Å². The minimum absolute atomic E-state index is 0.358. The van der Waals surface area contributed by atoms with Crippen LogP contribution in [0.1, 0.15) is 45.3 Å². The summed E-state index contributed by atoms with van der Waals surface area (Å²) in [5, 5.41) is 5.04. The van der Waals surface area contributed by atoms with E-state index in [4.69, 9.17) is 8.85 Å². The maximum absolute atomic E-state index is 12.0. The molecule has 0 saturated carbocycles. The van der Waals surface area contributed by atoms with Crippen molar-refractivity contribution in [2.24, 2.45) is 5.92 Å². The molecule has 1 aromatic heterocycles. The van der Waals surface area contributed by atoms with Gasteiger partial charge in [0.05, 0.1) is 22.4 Å². The van der Waals surface area contributed by atoms with Crippen LogP contribution in [0.5, 0.6) is 0 Å². The Morgan fingerprint density at radius 1 is 1.03 bits per heavy atom. The first-order valence-electron chi connectivity index (χ1n) is 11.2. The molecule has 0 radical (unpaired) electrons. The topological polar surface area (TPSA) is 48.4 Å². The molecule has 0 bridgehead atoms. The fraction of sp³-hybridized carbons (Fsp3) is 0.333. The van der Waals surface area contributed by atoms with Crippen molar-refractivity contribution in [3.63, 3.8) is 0 Å². The van der Waals surface area contributed by atoms with Gasteiger partial charge >= 0.3 is 8.56 Å². The van der Waals surface area contributed by atoms with Gasteiger partial charge in [0.2, 0.25) is 0 Å². The maximum Gasteiger partial charge on any atom is 0.408 e. The molecule has 3 aromatic rings. The van der Waals surface area contributed by atoms with Gasteiger partial charge in [-0.25, -0.2) is 4.98 Å². The zero-order chi connectivity index (χ0) is 24.1. The van der Waals surface area contributed by atoms with E-state index in [9.17, 15) is 4.79 Å². The normalized spacial score (nSPS) is 14.7. The van der Waals surface area contributed by atoms with Crippen molar-refractivity contribution in [3.05, 3.63) is 82.3 Å². The third kappa shape index (κ3) is 6.36. The van der Waals surface area contributed by atoms with Crippen molar-refractivity contribution in [1.29, 1.82) is 0 Å². The van der Waals surface area contributed by atoms with Gasteiger partial charge in [0.1, 0.15) is 6.29 Å². The number of carbonyl (C=O) groups excluding carboxylic acids is 1. The summed E-state index contributed by atoms with van der Waals surface area (Å²) in [5.74, 6) is -0.358. The van der Waals surface area contributed by atoms with Crippen LogP contribution in [0.3, 0.4) is 0 Å². The summed E-state index contributed by atoms with van der Waals surface area (Å²) >= 11 is 1.60. The Bertz CT molecular complexity index is 1030. The second kappa shape index (κ2) is 10.7. The van der Waals surface area contributed by atoms with Gasteiger partial charge in [0.25, 0.3) is 0 Å². The van der Waals surface area contributed by atoms with E-state index in [0.717, 1.165) is 32.9 Å². The van der Waals surface area contributed by atoms with Crippen LogP contribution in [0.15, 0.2) is 71.6 Å². The third-order valence-corrected chi connectivity index (χ3v) is 9.67. The Kier molecular flexibility index (Phi) is 8.18. The van der Waals surface area contributed by atoms with Crippen LogP contribution < -0.4 is 10.4 Å². The number of aromatic nitrogens is 1. The van der Waals surface area contributed by atoms with E-state index in [2.05, 4.69) is 29.2 Å². The van der Waals surface area contributed by atoms with Crippen LogP contribution >= 0.6 is 11.3 Å². The molecule has 0 spiro atoms. The van der Waals surface area contributed by atoms with Gasteiger partial charge in [0.15, 0.2) is 0 Å². The van der Waals surface area contributed by atoms with Crippen LogP contribution in [0.2, 0.25) is 0 Å². The first kappa shape index (κ1) is 25.2. The minimum Gasteiger partial charge on any atom is -0.383 e. The number of rotatable bonds is 9. The minimum atomic E-state index is -3.22. The summed E-state index contributed by atoms with van der Waals surface area (Å²) in [7, 11) is -3.22. The lowest BCUT2D eigenvalue weighted by molar-refractivity contribution is -0.112. The van der Waals surface area contributed by atoms with Crippen LogP contribution in [0.25, 0.3) is 6.08 Å². The zero-order valence-electron chi connectivity index (χ0n) is 20.2. The molecule has 0 aliphatic rings. The van der Waals surface area contributed by atoms with Crippen molar-refractivity contribution in [1.82, 2.24) is 4.98 Å². The molecule has 0 saturated heterocycles. The van der Waals surface area contributed by atoms with Gasteiger partial charge in [-0.3, -0.25) is 0 Å². The van der Waals surface area contributed by atoms with Gasteiger partial charge in [-0.1, -0.05) is 67.6 Å². The van der Waals surface area contributed by atoms with Crippen LogP contribution in [0, 0.1) is 12.8 Å². The lowest BCUT2D eigenvalue weighted by atomic mass is 9.99. The van der Waals surface area contributed by atoms with E-state index in [1.54, 1.807) is 11.3 Å². The Labute approximate surface area is 202 Å². The highest BCUT2D eigenvalue weighted by Gasteiger charge is 2.48. The number of aldehydes is 1. The lowest BCUT2D eigenvalue weighted by Gasteiger charge is -2.40. The molecule has 0 fully saturated rings. The van der Waals surface area contributed by atoms with Crippen LogP contribution in [-0.2, 0) is 13.6 Å². The average Bonchev–Trinajstić information content (AvgIpc) is 3.20. The fourth-order valence-electron chi connectivity index (χ4n) is 3.82. The van der Waals surface area contributed by atoms with Crippen molar-refractivity contribution in [2.45, 2.75) is 53.2 Å². The van der Waals surface area contributed by atoms with E-state index < -0.39 is 20.3 Å².